The lowest BCUT2D eigenvalue weighted by atomic mass is 10.1. The molecular formula is C14H21N3O2. The van der Waals surface area contributed by atoms with Crippen molar-refractivity contribution in [1.29, 1.82) is 0 Å². The molecule has 3 N–H and O–H groups in total. The Morgan fingerprint density at radius 1 is 1.53 bits per heavy atom. The second-order valence-corrected chi connectivity index (χ2v) is 5.23. The van der Waals surface area contributed by atoms with Gasteiger partial charge in [-0.25, -0.2) is 0 Å². The Hall–Kier alpha value is -1.43. The van der Waals surface area contributed by atoms with Gasteiger partial charge in [0.15, 0.2) is 0 Å². The van der Waals surface area contributed by atoms with E-state index in [2.05, 4.69) is 11.0 Å². The van der Waals surface area contributed by atoms with E-state index in [-0.39, 0.29) is 18.6 Å². The molecule has 1 aromatic rings. The van der Waals surface area contributed by atoms with Gasteiger partial charge in [-0.2, -0.15) is 0 Å². The first-order valence-corrected chi connectivity index (χ1v) is 6.44. The topological polar surface area (TPSA) is 69.8 Å². The molecule has 2 rings (SSSR count). The lowest BCUT2D eigenvalue weighted by molar-refractivity contribution is -0.117. The number of hydrogen-bond acceptors (Lipinski definition) is 4. The number of carbonyl (C=O) groups excluding carboxylic acids is 1. The maximum Gasteiger partial charge on any atom is 0.231 e. The molecule has 1 aromatic carbocycles. The Kier molecular flexibility index (Phi) is 4.19. The van der Waals surface area contributed by atoms with Gasteiger partial charge in [0.05, 0.1) is 13.0 Å². The van der Waals surface area contributed by atoms with Crippen LogP contribution in [-0.2, 0) is 17.8 Å². The largest absolute Gasteiger partial charge is 0.395 e. The van der Waals surface area contributed by atoms with Crippen molar-refractivity contribution in [2.24, 2.45) is 5.73 Å². The van der Waals surface area contributed by atoms with Crippen molar-refractivity contribution in [2.75, 3.05) is 32.1 Å². The Balaban J connectivity index is 2.04. The predicted octanol–water partition coefficient (Wildman–Crippen LogP) is -0.0431. The average Bonchev–Trinajstić information content (AvgIpc) is 2.64. The van der Waals surface area contributed by atoms with Gasteiger partial charge in [-0.1, -0.05) is 12.1 Å². The first-order valence-electron chi connectivity index (χ1n) is 6.44. The van der Waals surface area contributed by atoms with E-state index in [1.807, 2.05) is 19.2 Å². The maximum absolute atomic E-state index is 11.6. The van der Waals surface area contributed by atoms with E-state index >= 15 is 0 Å². The number of nitrogens with two attached hydrogens (primary N) is 1. The fourth-order valence-corrected chi connectivity index (χ4v) is 2.46. The van der Waals surface area contributed by atoms with Crippen molar-refractivity contribution < 1.29 is 9.90 Å². The highest BCUT2D eigenvalue weighted by Gasteiger charge is 2.23. The van der Waals surface area contributed by atoms with Gasteiger partial charge in [0.25, 0.3) is 0 Å². The normalized spacial score (nSPS) is 16.1. The van der Waals surface area contributed by atoms with Crippen molar-refractivity contribution >= 4 is 11.6 Å². The van der Waals surface area contributed by atoms with Gasteiger partial charge in [0, 0.05) is 31.9 Å². The highest BCUT2D eigenvalue weighted by molar-refractivity contribution is 6.00. The molecule has 5 nitrogen and oxygen atoms in total. The van der Waals surface area contributed by atoms with Crippen molar-refractivity contribution in [3.8, 4) is 0 Å². The smallest absolute Gasteiger partial charge is 0.231 e. The van der Waals surface area contributed by atoms with Gasteiger partial charge in [-0.05, 0) is 24.2 Å². The minimum Gasteiger partial charge on any atom is -0.395 e. The summed E-state index contributed by atoms with van der Waals surface area (Å²) in [5.41, 5.74) is 8.96. The van der Waals surface area contributed by atoms with E-state index in [0.29, 0.717) is 13.0 Å². The van der Waals surface area contributed by atoms with Crippen LogP contribution in [0.4, 0.5) is 5.69 Å². The molecule has 0 aromatic heterocycles. The molecular weight excluding hydrogens is 242 g/mol. The number of likely N-dealkylation sites (N-methyl/N-ethyl adjacent to an activating group) is 2. The molecule has 1 aliphatic heterocycles. The summed E-state index contributed by atoms with van der Waals surface area (Å²) in [4.78, 5) is 15.4. The zero-order valence-electron chi connectivity index (χ0n) is 11.5. The second kappa shape index (κ2) is 5.69. The fourth-order valence-electron chi connectivity index (χ4n) is 2.46. The summed E-state index contributed by atoms with van der Waals surface area (Å²) in [5.74, 6) is 0.141. The number of nitrogens with zero attached hydrogens (tertiary/aromatic N) is 2. The molecule has 0 bridgehead atoms. The zero-order chi connectivity index (χ0) is 14.0. The van der Waals surface area contributed by atoms with E-state index < -0.39 is 0 Å². The quantitative estimate of drug-likeness (QED) is 0.782. The lowest BCUT2D eigenvalue weighted by Gasteiger charge is -2.20. The first-order chi connectivity index (χ1) is 9.01. The fraction of sp³-hybridized carbons (Fsp3) is 0.500. The monoisotopic (exact) mass is 263 g/mol. The number of carbonyl (C=O) groups is 1. The number of aliphatic hydroxyl groups is 1. The minimum absolute atomic E-state index is 0.00613. The second-order valence-electron chi connectivity index (χ2n) is 5.23. The van der Waals surface area contributed by atoms with E-state index in [4.69, 9.17) is 10.8 Å². The molecule has 1 atom stereocenters. The third kappa shape index (κ3) is 3.12. The number of rotatable bonds is 5. The molecule has 0 radical (unpaired) electrons. The van der Waals surface area contributed by atoms with Gasteiger partial charge >= 0.3 is 0 Å². The van der Waals surface area contributed by atoms with Gasteiger partial charge < -0.3 is 20.6 Å². The maximum atomic E-state index is 11.6. The highest BCUT2D eigenvalue weighted by Crippen LogP contribution is 2.28. The summed E-state index contributed by atoms with van der Waals surface area (Å²) >= 11 is 0. The van der Waals surface area contributed by atoms with Crippen LogP contribution < -0.4 is 10.6 Å². The predicted molar refractivity (Wildman–Crippen MR) is 75.0 cm³/mol. The van der Waals surface area contributed by atoms with Crippen molar-refractivity contribution in [2.45, 2.75) is 19.0 Å². The summed E-state index contributed by atoms with van der Waals surface area (Å²) < 4.78 is 0. The van der Waals surface area contributed by atoms with Gasteiger partial charge in [0.2, 0.25) is 5.91 Å². The van der Waals surface area contributed by atoms with E-state index in [1.54, 1.807) is 11.9 Å². The van der Waals surface area contributed by atoms with Crippen LogP contribution in [0, 0.1) is 0 Å². The van der Waals surface area contributed by atoms with E-state index in [1.165, 1.54) is 0 Å². The molecule has 5 heteroatoms. The third-order valence-electron chi connectivity index (χ3n) is 3.45. The van der Waals surface area contributed by atoms with Crippen molar-refractivity contribution in [1.82, 2.24) is 4.90 Å². The number of amides is 1. The summed E-state index contributed by atoms with van der Waals surface area (Å²) in [6, 6.07) is 5.90. The molecule has 0 spiro atoms. The molecule has 19 heavy (non-hydrogen) atoms. The number of anilines is 1. The standard InChI is InChI=1S/C14H21N3O2/c1-16(8-12(15)9-18)7-10-3-4-13-11(5-10)6-14(19)17(13)2/h3-5,12,18H,6-9,15H2,1-2H3. The molecule has 1 amide bonds. The third-order valence-corrected chi connectivity index (χ3v) is 3.45. The van der Waals surface area contributed by atoms with Gasteiger partial charge in [-0.3, -0.25) is 4.79 Å². The highest BCUT2D eigenvalue weighted by atomic mass is 16.3. The summed E-state index contributed by atoms with van der Waals surface area (Å²) in [7, 11) is 3.78. The van der Waals surface area contributed by atoms with Crippen LogP contribution in [-0.4, -0.2) is 49.2 Å². The Morgan fingerprint density at radius 2 is 2.26 bits per heavy atom. The average molecular weight is 263 g/mol. The molecule has 1 unspecified atom stereocenters. The summed E-state index contributed by atoms with van der Waals surface area (Å²) in [6.45, 7) is 1.40. The molecule has 0 aliphatic carbocycles. The number of aliphatic hydroxyl groups excluding tert-OH is 1. The molecule has 1 aliphatic rings. The van der Waals surface area contributed by atoms with Crippen LogP contribution in [0.15, 0.2) is 18.2 Å². The SMILES string of the molecule is CN(Cc1ccc2c(c1)CC(=O)N2C)CC(N)CO. The van der Waals surface area contributed by atoms with Crippen LogP contribution in [0.5, 0.6) is 0 Å². The van der Waals surface area contributed by atoms with Crippen LogP contribution in [0.2, 0.25) is 0 Å². The van der Waals surface area contributed by atoms with Crippen molar-refractivity contribution in [3.05, 3.63) is 29.3 Å². The minimum atomic E-state index is -0.216. The Morgan fingerprint density at radius 3 is 2.95 bits per heavy atom. The lowest BCUT2D eigenvalue weighted by Crippen LogP contribution is -2.37. The number of fused-ring (bicyclic) bond motifs is 1. The molecule has 104 valence electrons. The Bertz CT molecular complexity index is 476. The Labute approximate surface area is 113 Å². The van der Waals surface area contributed by atoms with E-state index in [9.17, 15) is 4.79 Å². The van der Waals surface area contributed by atoms with Crippen LogP contribution >= 0.6 is 0 Å². The summed E-state index contributed by atoms with van der Waals surface area (Å²) in [6.07, 6.45) is 0.486. The van der Waals surface area contributed by atoms with Crippen LogP contribution in [0.1, 0.15) is 11.1 Å². The first kappa shape index (κ1) is 14.0. The zero-order valence-corrected chi connectivity index (χ0v) is 11.5. The summed E-state index contributed by atoms with van der Waals surface area (Å²) in [5, 5.41) is 8.94. The van der Waals surface area contributed by atoms with Crippen molar-refractivity contribution in [3.63, 3.8) is 0 Å². The molecule has 1 heterocycles. The molecule has 0 saturated carbocycles. The number of hydrogen-bond donors (Lipinski definition) is 2. The van der Waals surface area contributed by atoms with E-state index in [0.717, 1.165) is 23.4 Å². The number of benzene rings is 1. The van der Waals surface area contributed by atoms with Crippen LogP contribution in [0.3, 0.4) is 0 Å². The van der Waals surface area contributed by atoms with Gasteiger partial charge in [0.1, 0.15) is 0 Å². The molecule has 0 saturated heterocycles. The molecule has 0 fully saturated rings. The van der Waals surface area contributed by atoms with Gasteiger partial charge in [-0.15, -0.1) is 0 Å². The van der Waals surface area contributed by atoms with Crippen LogP contribution in [0.25, 0.3) is 0 Å².